The average molecular weight is 233 g/mol. The second kappa shape index (κ2) is 5.30. The fraction of sp³-hybridized carbons (Fsp3) is 0.231. The van der Waals surface area contributed by atoms with Gasteiger partial charge in [-0.05, 0) is 36.6 Å². The molecule has 1 aromatic rings. The van der Waals surface area contributed by atoms with Crippen LogP contribution in [0.25, 0.3) is 6.08 Å². The Morgan fingerprint density at radius 2 is 1.88 bits per heavy atom. The molecular formula is C13H15NO3. The van der Waals surface area contributed by atoms with Gasteiger partial charge in [0.2, 0.25) is 5.91 Å². The summed E-state index contributed by atoms with van der Waals surface area (Å²) in [6, 6.07) is 5.60. The highest BCUT2D eigenvalue weighted by Gasteiger charge is 2.08. The second-order valence-corrected chi connectivity index (χ2v) is 3.89. The lowest BCUT2D eigenvalue weighted by atomic mass is 10.1. The number of carbonyl (C=O) groups is 2. The van der Waals surface area contributed by atoms with Gasteiger partial charge in [-0.1, -0.05) is 18.2 Å². The summed E-state index contributed by atoms with van der Waals surface area (Å²) < 4.78 is 0. The SMILES string of the molecule is CC(=O)N/C(=C/c1ccc(C)c(C)c1)C(=O)O. The summed E-state index contributed by atoms with van der Waals surface area (Å²) in [4.78, 5) is 21.8. The van der Waals surface area contributed by atoms with Gasteiger partial charge in [0, 0.05) is 6.92 Å². The monoisotopic (exact) mass is 233 g/mol. The fourth-order valence-corrected chi connectivity index (χ4v) is 1.36. The zero-order chi connectivity index (χ0) is 13.0. The number of benzene rings is 1. The smallest absolute Gasteiger partial charge is 0.352 e. The maximum absolute atomic E-state index is 10.9. The number of aryl methyl sites for hydroxylation is 2. The van der Waals surface area contributed by atoms with Crippen LogP contribution in [0.2, 0.25) is 0 Å². The van der Waals surface area contributed by atoms with E-state index in [9.17, 15) is 9.59 Å². The Morgan fingerprint density at radius 1 is 1.24 bits per heavy atom. The van der Waals surface area contributed by atoms with Crippen LogP contribution in [-0.4, -0.2) is 17.0 Å². The Kier molecular flexibility index (Phi) is 4.04. The summed E-state index contributed by atoms with van der Waals surface area (Å²) in [5.41, 5.74) is 2.84. The summed E-state index contributed by atoms with van der Waals surface area (Å²) >= 11 is 0. The molecule has 4 heteroatoms. The molecule has 1 amide bonds. The van der Waals surface area contributed by atoms with Crippen LogP contribution in [0, 0.1) is 13.8 Å². The van der Waals surface area contributed by atoms with Crippen molar-refractivity contribution in [1.82, 2.24) is 5.32 Å². The Balaban J connectivity index is 3.08. The lowest BCUT2D eigenvalue weighted by molar-refractivity contribution is -0.134. The predicted molar refractivity (Wildman–Crippen MR) is 65.3 cm³/mol. The average Bonchev–Trinajstić information content (AvgIpc) is 2.21. The van der Waals surface area contributed by atoms with Crippen molar-refractivity contribution in [3.63, 3.8) is 0 Å². The lowest BCUT2D eigenvalue weighted by Crippen LogP contribution is -2.24. The predicted octanol–water partition coefficient (Wildman–Crippen LogP) is 1.87. The minimum Gasteiger partial charge on any atom is -0.477 e. The van der Waals surface area contributed by atoms with E-state index >= 15 is 0 Å². The molecule has 17 heavy (non-hydrogen) atoms. The molecule has 0 saturated carbocycles. The molecule has 0 aromatic heterocycles. The standard InChI is InChI=1S/C13H15NO3/c1-8-4-5-11(6-9(8)2)7-12(13(16)17)14-10(3)15/h4-7H,1-3H3,(H,14,15)(H,16,17)/b12-7+. The number of carboxylic acids is 1. The Labute approximate surface area is 100.0 Å². The van der Waals surface area contributed by atoms with Gasteiger partial charge in [-0.25, -0.2) is 4.79 Å². The summed E-state index contributed by atoms with van der Waals surface area (Å²) in [6.45, 7) is 5.21. The fourth-order valence-electron chi connectivity index (χ4n) is 1.36. The first-order valence-corrected chi connectivity index (χ1v) is 5.20. The Bertz CT molecular complexity index is 489. The molecule has 0 spiro atoms. The van der Waals surface area contributed by atoms with Crippen LogP contribution in [-0.2, 0) is 9.59 Å². The van der Waals surface area contributed by atoms with Crippen molar-refractivity contribution in [1.29, 1.82) is 0 Å². The number of aliphatic carboxylic acids is 1. The number of carbonyl (C=O) groups excluding carboxylic acids is 1. The third kappa shape index (κ3) is 3.75. The van der Waals surface area contributed by atoms with Crippen LogP contribution in [0.15, 0.2) is 23.9 Å². The first-order valence-electron chi connectivity index (χ1n) is 5.20. The van der Waals surface area contributed by atoms with E-state index in [1.54, 1.807) is 0 Å². The number of rotatable bonds is 3. The van der Waals surface area contributed by atoms with Crippen LogP contribution >= 0.6 is 0 Å². The molecule has 1 rings (SSSR count). The van der Waals surface area contributed by atoms with Crippen LogP contribution in [0.4, 0.5) is 0 Å². The zero-order valence-corrected chi connectivity index (χ0v) is 10.1. The minimum atomic E-state index is -1.15. The van der Waals surface area contributed by atoms with Gasteiger partial charge >= 0.3 is 5.97 Å². The highest BCUT2D eigenvalue weighted by atomic mass is 16.4. The van der Waals surface area contributed by atoms with Gasteiger partial charge < -0.3 is 10.4 Å². The van der Waals surface area contributed by atoms with Crippen molar-refractivity contribution in [2.75, 3.05) is 0 Å². The van der Waals surface area contributed by atoms with Crippen molar-refractivity contribution in [3.05, 3.63) is 40.6 Å². The van der Waals surface area contributed by atoms with Gasteiger partial charge in [0.1, 0.15) is 5.70 Å². The third-order valence-corrected chi connectivity index (χ3v) is 2.38. The van der Waals surface area contributed by atoms with Gasteiger partial charge in [-0.3, -0.25) is 4.79 Å². The summed E-state index contributed by atoms with van der Waals surface area (Å²) in [6.07, 6.45) is 1.44. The molecular weight excluding hydrogens is 218 g/mol. The lowest BCUT2D eigenvalue weighted by Gasteiger charge is -2.05. The molecule has 0 bridgehead atoms. The van der Waals surface area contributed by atoms with E-state index in [1.807, 2.05) is 32.0 Å². The molecule has 0 heterocycles. The Hall–Kier alpha value is -2.10. The summed E-state index contributed by atoms with van der Waals surface area (Å²) in [5, 5.41) is 11.2. The number of nitrogens with one attached hydrogen (secondary N) is 1. The molecule has 0 atom stereocenters. The van der Waals surface area contributed by atoms with Gasteiger partial charge in [-0.15, -0.1) is 0 Å². The number of amides is 1. The van der Waals surface area contributed by atoms with E-state index in [1.165, 1.54) is 13.0 Å². The molecule has 0 aliphatic rings. The van der Waals surface area contributed by atoms with E-state index in [0.717, 1.165) is 16.7 Å². The van der Waals surface area contributed by atoms with Crippen LogP contribution in [0.5, 0.6) is 0 Å². The van der Waals surface area contributed by atoms with Gasteiger partial charge in [0.05, 0.1) is 0 Å². The van der Waals surface area contributed by atoms with Crippen molar-refractivity contribution >= 4 is 18.0 Å². The summed E-state index contributed by atoms with van der Waals surface area (Å²) in [7, 11) is 0. The topological polar surface area (TPSA) is 66.4 Å². The van der Waals surface area contributed by atoms with Crippen molar-refractivity contribution < 1.29 is 14.7 Å². The molecule has 0 aliphatic heterocycles. The van der Waals surface area contributed by atoms with Crippen LogP contribution in [0.3, 0.4) is 0 Å². The highest BCUT2D eigenvalue weighted by Crippen LogP contribution is 2.12. The molecule has 90 valence electrons. The molecule has 0 fully saturated rings. The van der Waals surface area contributed by atoms with Gasteiger partial charge in [0.25, 0.3) is 0 Å². The molecule has 0 saturated heterocycles. The molecule has 0 unspecified atom stereocenters. The molecule has 1 aromatic carbocycles. The van der Waals surface area contributed by atoms with Crippen molar-refractivity contribution in [2.24, 2.45) is 0 Å². The first kappa shape index (κ1) is 13.0. The maximum atomic E-state index is 10.9. The van der Waals surface area contributed by atoms with E-state index in [-0.39, 0.29) is 5.70 Å². The van der Waals surface area contributed by atoms with Crippen LogP contribution < -0.4 is 5.32 Å². The van der Waals surface area contributed by atoms with E-state index < -0.39 is 11.9 Å². The van der Waals surface area contributed by atoms with Gasteiger partial charge in [0.15, 0.2) is 0 Å². The largest absolute Gasteiger partial charge is 0.477 e. The van der Waals surface area contributed by atoms with Crippen molar-refractivity contribution in [3.8, 4) is 0 Å². The zero-order valence-electron chi connectivity index (χ0n) is 10.1. The number of hydrogen-bond acceptors (Lipinski definition) is 2. The maximum Gasteiger partial charge on any atom is 0.352 e. The Morgan fingerprint density at radius 3 is 2.35 bits per heavy atom. The quantitative estimate of drug-likeness (QED) is 0.783. The van der Waals surface area contributed by atoms with Gasteiger partial charge in [-0.2, -0.15) is 0 Å². The minimum absolute atomic E-state index is 0.124. The highest BCUT2D eigenvalue weighted by molar-refractivity contribution is 5.96. The van der Waals surface area contributed by atoms with Crippen LogP contribution in [0.1, 0.15) is 23.6 Å². The number of hydrogen-bond donors (Lipinski definition) is 2. The third-order valence-electron chi connectivity index (χ3n) is 2.38. The summed E-state index contributed by atoms with van der Waals surface area (Å²) in [5.74, 6) is -1.55. The molecule has 0 aliphatic carbocycles. The van der Waals surface area contributed by atoms with E-state index in [0.29, 0.717) is 0 Å². The molecule has 4 nitrogen and oxygen atoms in total. The normalized spacial score (nSPS) is 11.1. The van der Waals surface area contributed by atoms with Crippen molar-refractivity contribution in [2.45, 2.75) is 20.8 Å². The van der Waals surface area contributed by atoms with E-state index in [4.69, 9.17) is 5.11 Å². The molecule has 2 N–H and O–H groups in total. The second-order valence-electron chi connectivity index (χ2n) is 3.89. The van der Waals surface area contributed by atoms with E-state index in [2.05, 4.69) is 5.32 Å². The first-order chi connectivity index (χ1) is 7.90. The molecule has 0 radical (unpaired) electrons. The number of carboxylic acid groups (broad SMARTS) is 1.